The molecule has 3 aromatic carbocycles. The van der Waals surface area contributed by atoms with Crippen LogP contribution in [-0.2, 0) is 25.5 Å². The van der Waals surface area contributed by atoms with E-state index in [0.717, 1.165) is 11.3 Å². The molecule has 8 heteroatoms. The number of rotatable bonds is 10. The number of benzene rings is 3. The summed E-state index contributed by atoms with van der Waals surface area (Å²) < 4.78 is 15.8. The second kappa shape index (κ2) is 12.6. The van der Waals surface area contributed by atoms with Crippen LogP contribution in [0.15, 0.2) is 95.7 Å². The van der Waals surface area contributed by atoms with Crippen molar-refractivity contribution in [1.29, 1.82) is 0 Å². The zero-order chi connectivity index (χ0) is 27.8. The van der Waals surface area contributed by atoms with Gasteiger partial charge in [0.1, 0.15) is 11.5 Å². The number of nitrogens with zero attached hydrogens (tertiary/aromatic N) is 1. The van der Waals surface area contributed by atoms with E-state index in [1.54, 1.807) is 61.4 Å². The molecule has 1 heterocycles. The van der Waals surface area contributed by atoms with Crippen molar-refractivity contribution >= 4 is 29.5 Å². The van der Waals surface area contributed by atoms with Gasteiger partial charge in [-0.3, -0.25) is 9.59 Å². The van der Waals surface area contributed by atoms with Crippen molar-refractivity contribution in [2.24, 2.45) is 0 Å². The van der Waals surface area contributed by atoms with Gasteiger partial charge >= 0.3 is 5.97 Å². The Kier molecular flexibility index (Phi) is 8.78. The number of carbonyl (C=O) groups is 3. The SMILES string of the molecule is COC(=O)C1=C(C)N(CCc2ccc(OC)cc2)C(=O)/C1=C\c1ccc(OCC(=O)Nc2ccccc2)cc1. The first-order valence-electron chi connectivity index (χ1n) is 12.4. The maximum Gasteiger partial charge on any atom is 0.340 e. The van der Waals surface area contributed by atoms with Gasteiger partial charge in [0, 0.05) is 17.9 Å². The number of hydrogen-bond acceptors (Lipinski definition) is 6. The Morgan fingerprint density at radius 2 is 1.56 bits per heavy atom. The average molecular weight is 527 g/mol. The van der Waals surface area contributed by atoms with Crippen molar-refractivity contribution in [3.8, 4) is 11.5 Å². The number of amides is 2. The fourth-order valence-corrected chi connectivity index (χ4v) is 4.22. The summed E-state index contributed by atoms with van der Waals surface area (Å²) in [5.74, 6) is 0.154. The van der Waals surface area contributed by atoms with Gasteiger partial charge in [-0.05, 0) is 66.9 Å². The van der Waals surface area contributed by atoms with Crippen molar-refractivity contribution in [3.05, 3.63) is 107 Å². The van der Waals surface area contributed by atoms with E-state index in [2.05, 4.69) is 5.32 Å². The number of ether oxygens (including phenoxy) is 3. The van der Waals surface area contributed by atoms with Gasteiger partial charge in [-0.1, -0.05) is 42.5 Å². The van der Waals surface area contributed by atoms with Crippen LogP contribution >= 0.6 is 0 Å². The molecule has 1 aliphatic heterocycles. The third-order valence-corrected chi connectivity index (χ3v) is 6.30. The van der Waals surface area contributed by atoms with Crippen molar-refractivity contribution in [3.63, 3.8) is 0 Å². The molecule has 0 aromatic heterocycles. The van der Waals surface area contributed by atoms with E-state index in [1.165, 1.54) is 7.11 Å². The van der Waals surface area contributed by atoms with E-state index in [9.17, 15) is 14.4 Å². The van der Waals surface area contributed by atoms with Crippen molar-refractivity contribution in [2.75, 3.05) is 32.7 Å². The van der Waals surface area contributed by atoms with Gasteiger partial charge < -0.3 is 24.4 Å². The molecule has 0 fully saturated rings. The van der Waals surface area contributed by atoms with Crippen LogP contribution in [0, 0.1) is 0 Å². The molecule has 0 aliphatic carbocycles. The summed E-state index contributed by atoms with van der Waals surface area (Å²) in [5, 5.41) is 2.76. The fourth-order valence-electron chi connectivity index (χ4n) is 4.22. The molecule has 1 aliphatic rings. The Balaban J connectivity index is 1.44. The molecular formula is C31H30N2O6. The first kappa shape index (κ1) is 27.2. The lowest BCUT2D eigenvalue weighted by Gasteiger charge is -2.18. The number of anilines is 1. The molecule has 4 rings (SSSR count). The van der Waals surface area contributed by atoms with Gasteiger partial charge in [0.05, 0.1) is 25.4 Å². The number of esters is 1. The number of carbonyl (C=O) groups excluding carboxylic acids is 3. The van der Waals surface area contributed by atoms with E-state index in [1.807, 2.05) is 42.5 Å². The van der Waals surface area contributed by atoms with E-state index in [-0.39, 0.29) is 29.6 Å². The van der Waals surface area contributed by atoms with Crippen molar-refractivity contribution in [2.45, 2.75) is 13.3 Å². The lowest BCUT2D eigenvalue weighted by Crippen LogP contribution is -2.27. The molecule has 0 bridgehead atoms. The Labute approximate surface area is 227 Å². The van der Waals surface area contributed by atoms with Crippen molar-refractivity contribution in [1.82, 2.24) is 4.90 Å². The number of nitrogens with one attached hydrogen (secondary N) is 1. The van der Waals surface area contributed by atoms with Gasteiger partial charge in [0.25, 0.3) is 11.8 Å². The first-order valence-corrected chi connectivity index (χ1v) is 12.4. The van der Waals surface area contributed by atoms with Crippen LogP contribution in [0.3, 0.4) is 0 Å². The monoisotopic (exact) mass is 526 g/mol. The maximum absolute atomic E-state index is 13.4. The van der Waals surface area contributed by atoms with Crippen LogP contribution < -0.4 is 14.8 Å². The number of hydrogen-bond donors (Lipinski definition) is 1. The topological polar surface area (TPSA) is 94.2 Å². The second-order valence-corrected chi connectivity index (χ2v) is 8.84. The van der Waals surface area contributed by atoms with E-state index in [4.69, 9.17) is 14.2 Å². The predicted molar refractivity (Wildman–Crippen MR) is 148 cm³/mol. The molecule has 200 valence electrons. The van der Waals surface area contributed by atoms with Crippen LogP contribution in [0.2, 0.25) is 0 Å². The quantitative estimate of drug-likeness (QED) is 0.306. The highest BCUT2D eigenvalue weighted by Gasteiger charge is 2.36. The van der Waals surface area contributed by atoms with Crippen LogP contribution in [0.4, 0.5) is 5.69 Å². The molecule has 0 atom stereocenters. The number of allylic oxidation sites excluding steroid dienone is 1. The highest BCUT2D eigenvalue weighted by molar-refractivity contribution is 6.16. The van der Waals surface area contributed by atoms with Gasteiger partial charge in [-0.15, -0.1) is 0 Å². The number of para-hydroxylation sites is 1. The minimum absolute atomic E-state index is 0.147. The summed E-state index contributed by atoms with van der Waals surface area (Å²) in [6.07, 6.45) is 2.27. The summed E-state index contributed by atoms with van der Waals surface area (Å²) in [7, 11) is 2.91. The smallest absolute Gasteiger partial charge is 0.340 e. The maximum atomic E-state index is 13.4. The molecule has 0 saturated carbocycles. The Morgan fingerprint density at radius 1 is 0.897 bits per heavy atom. The van der Waals surface area contributed by atoms with Crippen LogP contribution in [0.1, 0.15) is 18.1 Å². The zero-order valence-electron chi connectivity index (χ0n) is 22.1. The molecule has 0 unspecified atom stereocenters. The predicted octanol–water partition coefficient (Wildman–Crippen LogP) is 4.63. The first-order chi connectivity index (χ1) is 18.9. The lowest BCUT2D eigenvalue weighted by atomic mass is 10.0. The molecule has 0 radical (unpaired) electrons. The fraction of sp³-hybridized carbons (Fsp3) is 0.194. The minimum atomic E-state index is -0.566. The van der Waals surface area contributed by atoms with E-state index >= 15 is 0 Å². The third kappa shape index (κ3) is 6.73. The summed E-state index contributed by atoms with van der Waals surface area (Å²) in [5.41, 5.74) is 3.50. The Hall–Kier alpha value is -4.85. The zero-order valence-corrected chi connectivity index (χ0v) is 22.1. The Morgan fingerprint density at radius 3 is 2.21 bits per heavy atom. The standard InChI is InChI=1S/C31H30N2O6/c1-21-29(31(36)38-3)27(30(35)33(21)18-17-22-9-13-25(37-2)14-10-22)19-23-11-15-26(16-12-23)39-20-28(34)32-24-7-5-4-6-8-24/h4-16,19H,17-18,20H2,1-3H3,(H,32,34)/b27-19-. The largest absolute Gasteiger partial charge is 0.497 e. The molecule has 1 N–H and O–H groups in total. The summed E-state index contributed by atoms with van der Waals surface area (Å²) in [6.45, 7) is 2.01. The lowest BCUT2D eigenvalue weighted by molar-refractivity contribution is -0.136. The van der Waals surface area contributed by atoms with Gasteiger partial charge in [-0.2, -0.15) is 0 Å². The van der Waals surface area contributed by atoms with Gasteiger partial charge in [0.15, 0.2) is 6.61 Å². The van der Waals surface area contributed by atoms with Gasteiger partial charge in [-0.25, -0.2) is 4.79 Å². The molecule has 8 nitrogen and oxygen atoms in total. The summed E-state index contributed by atoms with van der Waals surface area (Å²) in [6, 6.07) is 23.7. The summed E-state index contributed by atoms with van der Waals surface area (Å²) in [4.78, 5) is 39.8. The molecule has 39 heavy (non-hydrogen) atoms. The van der Waals surface area contributed by atoms with Crippen LogP contribution in [0.25, 0.3) is 6.08 Å². The molecule has 0 saturated heterocycles. The third-order valence-electron chi connectivity index (χ3n) is 6.30. The molecule has 0 spiro atoms. The normalized spacial score (nSPS) is 14.0. The molecule has 2 amide bonds. The average Bonchev–Trinajstić information content (AvgIpc) is 3.19. The second-order valence-electron chi connectivity index (χ2n) is 8.84. The molecular weight excluding hydrogens is 496 g/mol. The number of methoxy groups -OCH3 is 2. The molecule has 3 aromatic rings. The highest BCUT2D eigenvalue weighted by Crippen LogP contribution is 2.32. The van der Waals surface area contributed by atoms with Crippen LogP contribution in [-0.4, -0.2) is 50.1 Å². The highest BCUT2D eigenvalue weighted by atomic mass is 16.5. The Bertz CT molecular complexity index is 1390. The minimum Gasteiger partial charge on any atom is -0.497 e. The van der Waals surface area contributed by atoms with Crippen molar-refractivity contribution < 1.29 is 28.6 Å². The van der Waals surface area contributed by atoms with E-state index < -0.39 is 5.97 Å². The summed E-state index contributed by atoms with van der Waals surface area (Å²) >= 11 is 0. The van der Waals surface area contributed by atoms with Gasteiger partial charge in [0.2, 0.25) is 0 Å². The van der Waals surface area contributed by atoms with E-state index in [0.29, 0.717) is 35.7 Å². The van der Waals surface area contributed by atoms with Crippen LogP contribution in [0.5, 0.6) is 11.5 Å².